The monoisotopic (exact) mass is 593 g/mol. The smallest absolute Gasteiger partial charge is 0.268 e. The van der Waals surface area contributed by atoms with Gasteiger partial charge in [0.05, 0.1) is 23.8 Å². The van der Waals surface area contributed by atoms with Crippen LogP contribution in [0.2, 0.25) is 0 Å². The molecule has 44 heavy (non-hydrogen) atoms. The van der Waals surface area contributed by atoms with E-state index >= 15 is 0 Å². The van der Waals surface area contributed by atoms with Crippen molar-refractivity contribution in [1.82, 2.24) is 26.3 Å². The molecule has 0 saturated carbocycles. The van der Waals surface area contributed by atoms with Crippen molar-refractivity contribution in [2.75, 3.05) is 6.54 Å². The van der Waals surface area contributed by atoms with Crippen LogP contribution < -0.4 is 21.3 Å². The van der Waals surface area contributed by atoms with Gasteiger partial charge in [-0.1, -0.05) is 62.4 Å². The summed E-state index contributed by atoms with van der Waals surface area (Å²) in [7, 11) is 0. The highest BCUT2D eigenvalue weighted by molar-refractivity contribution is 5.98. The van der Waals surface area contributed by atoms with Gasteiger partial charge in [0.2, 0.25) is 0 Å². The maximum atomic E-state index is 13.3. The number of benzene rings is 2. The summed E-state index contributed by atoms with van der Waals surface area (Å²) in [5, 5.41) is 13.0. The van der Waals surface area contributed by atoms with Crippen LogP contribution in [0.1, 0.15) is 42.7 Å². The van der Waals surface area contributed by atoms with Crippen LogP contribution >= 0.6 is 0 Å². The molecule has 4 rings (SSSR count). The van der Waals surface area contributed by atoms with Crippen LogP contribution in [-0.2, 0) is 25.6 Å². The molecule has 1 amide bonds. The summed E-state index contributed by atoms with van der Waals surface area (Å²) < 4.78 is 0. The quantitative estimate of drug-likeness (QED) is 0.179. The Morgan fingerprint density at radius 3 is 2.34 bits per heavy atom. The predicted octanol–water partition coefficient (Wildman–Crippen LogP) is 2.62. The Bertz CT molecular complexity index is 1640. The third-order valence-corrected chi connectivity index (χ3v) is 7.69. The molecule has 1 aliphatic heterocycles. The highest BCUT2D eigenvalue weighted by Crippen LogP contribution is 2.24. The molecule has 0 unspecified atom stereocenters. The Morgan fingerprint density at radius 1 is 0.955 bits per heavy atom. The molecule has 0 bridgehead atoms. The van der Waals surface area contributed by atoms with Crippen molar-refractivity contribution >= 4 is 40.6 Å². The van der Waals surface area contributed by atoms with Crippen molar-refractivity contribution in [2.45, 2.75) is 51.2 Å². The van der Waals surface area contributed by atoms with Crippen LogP contribution in [0.25, 0.3) is 10.9 Å². The molecule has 0 spiro atoms. The van der Waals surface area contributed by atoms with Gasteiger partial charge < -0.3 is 26.3 Å². The zero-order valence-corrected chi connectivity index (χ0v) is 24.6. The van der Waals surface area contributed by atoms with Gasteiger partial charge in [-0.15, -0.1) is 0 Å². The van der Waals surface area contributed by atoms with Gasteiger partial charge in [0, 0.05) is 29.4 Å². The van der Waals surface area contributed by atoms with Crippen molar-refractivity contribution in [3.63, 3.8) is 0 Å². The molecule has 1 aliphatic rings. The fourth-order valence-electron chi connectivity index (χ4n) is 5.42. The van der Waals surface area contributed by atoms with Crippen LogP contribution in [0.4, 0.5) is 0 Å². The van der Waals surface area contributed by atoms with E-state index in [-0.39, 0.29) is 29.7 Å². The van der Waals surface area contributed by atoms with Crippen molar-refractivity contribution in [1.29, 1.82) is 0 Å². The Hall–Kier alpha value is -5.35. The number of hydrogen-bond acceptors (Lipinski definition) is 8. The minimum absolute atomic E-state index is 0.0496. The first kappa shape index (κ1) is 31.6. The van der Waals surface area contributed by atoms with Gasteiger partial charge in [0.15, 0.2) is 0 Å². The number of amides is 1. The Labute approximate surface area is 255 Å². The van der Waals surface area contributed by atoms with E-state index in [1.54, 1.807) is 12.0 Å². The number of carbonyl (C=O) groups excluding carboxylic acids is 5. The lowest BCUT2D eigenvalue weighted by Crippen LogP contribution is -2.49. The Morgan fingerprint density at radius 2 is 1.68 bits per heavy atom. The summed E-state index contributed by atoms with van der Waals surface area (Å²) in [6.45, 7) is 4.32. The lowest BCUT2D eigenvalue weighted by atomic mass is 9.95. The van der Waals surface area contributed by atoms with Crippen LogP contribution in [0, 0.1) is 11.8 Å². The van der Waals surface area contributed by atoms with Gasteiger partial charge in [0.25, 0.3) is 5.91 Å². The molecule has 5 N–H and O–H groups in total. The zero-order valence-electron chi connectivity index (χ0n) is 24.6. The fraction of sp³-hybridized carbons (Fsp3) is 0.324. The number of H-pyrrole nitrogens is 1. The fourth-order valence-corrected chi connectivity index (χ4v) is 5.42. The third kappa shape index (κ3) is 7.93. The molecule has 10 nitrogen and oxygen atoms in total. The Kier molecular flexibility index (Phi) is 10.9. The van der Waals surface area contributed by atoms with E-state index in [2.05, 4.69) is 26.3 Å². The van der Waals surface area contributed by atoms with E-state index in [0.717, 1.165) is 16.5 Å². The normalized spacial score (nSPS) is 15.9. The molecule has 0 aliphatic carbocycles. The van der Waals surface area contributed by atoms with E-state index in [1.165, 1.54) is 6.08 Å². The minimum atomic E-state index is -0.803. The first-order chi connectivity index (χ1) is 21.4. The molecule has 0 radical (unpaired) electrons. The van der Waals surface area contributed by atoms with Gasteiger partial charge in [-0.2, -0.15) is 0 Å². The van der Waals surface area contributed by atoms with E-state index in [9.17, 15) is 24.0 Å². The second-order valence-corrected chi connectivity index (χ2v) is 11.1. The van der Waals surface area contributed by atoms with E-state index in [1.807, 2.05) is 86.3 Å². The number of fused-ring (bicyclic) bond motifs is 1. The molecular weight excluding hydrogens is 558 g/mol. The minimum Gasteiger partial charge on any atom is -0.379 e. The SMILES string of the molecule is CC(C)[C@H](NC(=O)c1cc2ccccc2[nH]1)C(=C=O)N[C@@H](Cc1ccccc1)C(=C=O)N[C@H](C=C=O)C[C@@H]1CCNC1=C=O. The van der Waals surface area contributed by atoms with Crippen molar-refractivity contribution in [3.05, 3.63) is 95.1 Å². The first-order valence-corrected chi connectivity index (χ1v) is 14.5. The van der Waals surface area contributed by atoms with Gasteiger partial charge in [0.1, 0.15) is 40.9 Å². The van der Waals surface area contributed by atoms with Crippen LogP contribution in [0.3, 0.4) is 0 Å². The standard InChI is InChI=1S/C34H35N5O5/c1-22(2)33(39-34(44)29-18-24-10-6-7-11-27(24)37-29)32(21-43)38-28(16-23-8-4-3-5-9-23)31(20-42)36-26(13-15-40)17-25-12-14-35-30(25)19-41/h3-11,13,18,22,25-26,28,33,35-38H,12,14,16-17H2,1-2H3,(H,39,44)/t25-,26+,28-,33-/m0/s1. The summed E-state index contributed by atoms with van der Waals surface area (Å²) in [6, 6.07) is 16.4. The number of allylic oxidation sites excluding steroid dienone is 1. The Balaban J connectivity index is 1.59. The van der Waals surface area contributed by atoms with Crippen LogP contribution in [0.15, 0.2) is 83.8 Å². The molecule has 1 saturated heterocycles. The van der Waals surface area contributed by atoms with E-state index in [0.29, 0.717) is 30.8 Å². The summed E-state index contributed by atoms with van der Waals surface area (Å²) in [4.78, 5) is 64.0. The van der Waals surface area contributed by atoms with Gasteiger partial charge in [-0.25, -0.2) is 19.2 Å². The second-order valence-electron chi connectivity index (χ2n) is 11.1. The molecule has 10 heteroatoms. The lowest BCUT2D eigenvalue weighted by Gasteiger charge is -2.29. The van der Waals surface area contributed by atoms with Crippen molar-refractivity contribution < 1.29 is 24.0 Å². The van der Waals surface area contributed by atoms with Crippen LogP contribution in [0.5, 0.6) is 0 Å². The largest absolute Gasteiger partial charge is 0.379 e. The third-order valence-electron chi connectivity index (χ3n) is 7.69. The topological polar surface area (TPSA) is 149 Å². The van der Waals surface area contributed by atoms with Gasteiger partial charge >= 0.3 is 0 Å². The first-order valence-electron chi connectivity index (χ1n) is 14.5. The van der Waals surface area contributed by atoms with Crippen molar-refractivity contribution in [3.8, 4) is 0 Å². The van der Waals surface area contributed by atoms with E-state index in [4.69, 9.17) is 0 Å². The molecule has 2 heterocycles. The van der Waals surface area contributed by atoms with Crippen molar-refractivity contribution in [2.24, 2.45) is 11.8 Å². The highest BCUT2D eigenvalue weighted by atomic mass is 16.2. The summed E-state index contributed by atoms with van der Waals surface area (Å²) in [6.07, 6.45) is 2.53. The second kappa shape index (κ2) is 15.2. The summed E-state index contributed by atoms with van der Waals surface area (Å²) >= 11 is 0. The number of aromatic amines is 1. The van der Waals surface area contributed by atoms with E-state index < -0.39 is 24.0 Å². The predicted molar refractivity (Wildman–Crippen MR) is 167 cm³/mol. The molecular formula is C34H35N5O5. The molecule has 2 aromatic carbocycles. The van der Waals surface area contributed by atoms with Gasteiger partial charge in [-0.3, -0.25) is 4.79 Å². The number of para-hydroxylation sites is 1. The number of aromatic nitrogens is 1. The molecule has 3 aromatic rings. The maximum Gasteiger partial charge on any atom is 0.268 e. The maximum absolute atomic E-state index is 13.3. The lowest BCUT2D eigenvalue weighted by molar-refractivity contribution is 0.0928. The number of rotatable bonds is 14. The molecule has 1 aromatic heterocycles. The average Bonchev–Trinajstić information content (AvgIpc) is 3.68. The number of nitrogens with one attached hydrogen (secondary N) is 5. The highest BCUT2D eigenvalue weighted by Gasteiger charge is 2.30. The average molecular weight is 594 g/mol. The summed E-state index contributed by atoms with van der Waals surface area (Å²) in [5.74, 6) is 6.77. The zero-order chi connectivity index (χ0) is 31.5. The molecule has 226 valence electrons. The molecule has 4 atom stereocenters. The molecule has 1 fully saturated rings. The number of hydrogen-bond donors (Lipinski definition) is 5. The summed E-state index contributed by atoms with van der Waals surface area (Å²) in [5.41, 5.74) is 2.54. The van der Waals surface area contributed by atoms with Crippen LogP contribution in [-0.4, -0.2) is 59.3 Å². The number of carbonyl (C=O) groups is 1. The van der Waals surface area contributed by atoms with Gasteiger partial charge in [-0.05, 0) is 42.9 Å².